The number of rotatable bonds is 7. The lowest BCUT2D eigenvalue weighted by Crippen LogP contribution is -2.17. The Morgan fingerprint density at radius 1 is 1.22 bits per heavy atom. The highest BCUT2D eigenvalue weighted by atomic mass is 32.1. The van der Waals surface area contributed by atoms with Crippen LogP contribution in [0.5, 0.6) is 11.5 Å². The van der Waals surface area contributed by atoms with E-state index >= 15 is 0 Å². The molecule has 0 fully saturated rings. The van der Waals surface area contributed by atoms with Gasteiger partial charge in [-0.25, -0.2) is 4.98 Å². The minimum absolute atomic E-state index is 0.192. The highest BCUT2D eigenvalue weighted by molar-refractivity contribution is 7.12. The number of hydrogen-bond donors (Lipinski definition) is 1. The first-order valence-corrected chi connectivity index (χ1v) is 9.03. The molecule has 2 N–H and O–H groups in total. The monoisotopic (exact) mass is 385 g/mol. The molecule has 3 aromatic rings. The van der Waals surface area contributed by atoms with Crippen LogP contribution in [0.1, 0.15) is 32.1 Å². The predicted molar refractivity (Wildman–Crippen MR) is 102 cm³/mol. The number of primary amides is 1. The number of benzene rings is 1. The molecule has 0 bridgehead atoms. The second kappa shape index (κ2) is 7.63. The topological polar surface area (TPSA) is 96.4 Å². The molecule has 8 heteroatoms. The van der Waals surface area contributed by atoms with Gasteiger partial charge in [-0.15, -0.1) is 11.3 Å². The third-order valence-electron chi connectivity index (χ3n) is 4.16. The van der Waals surface area contributed by atoms with Crippen LogP contribution in [0.25, 0.3) is 5.13 Å². The van der Waals surface area contributed by atoms with Crippen molar-refractivity contribution in [3.63, 3.8) is 0 Å². The molecule has 0 spiro atoms. The van der Waals surface area contributed by atoms with Gasteiger partial charge in [0.25, 0.3) is 5.91 Å². The van der Waals surface area contributed by atoms with E-state index in [-0.39, 0.29) is 23.7 Å². The zero-order valence-corrected chi connectivity index (χ0v) is 16.0. The largest absolute Gasteiger partial charge is 0.497 e. The van der Waals surface area contributed by atoms with Gasteiger partial charge < -0.3 is 15.2 Å². The maximum Gasteiger partial charge on any atom is 0.252 e. The Morgan fingerprint density at radius 2 is 2.00 bits per heavy atom. The van der Waals surface area contributed by atoms with Crippen molar-refractivity contribution >= 4 is 23.0 Å². The summed E-state index contributed by atoms with van der Waals surface area (Å²) in [5.74, 6) is -0.125. The summed E-state index contributed by atoms with van der Waals surface area (Å²) in [4.78, 5) is 28.6. The number of ether oxygens (including phenoxy) is 2. The van der Waals surface area contributed by atoms with Crippen molar-refractivity contribution in [2.75, 3.05) is 13.7 Å². The lowest BCUT2D eigenvalue weighted by Gasteiger charge is -2.11. The minimum Gasteiger partial charge on any atom is -0.497 e. The second-order valence-electron chi connectivity index (χ2n) is 5.87. The van der Waals surface area contributed by atoms with Gasteiger partial charge >= 0.3 is 0 Å². The smallest absolute Gasteiger partial charge is 0.252 e. The van der Waals surface area contributed by atoms with Crippen LogP contribution in [-0.2, 0) is 0 Å². The summed E-state index contributed by atoms with van der Waals surface area (Å²) in [6.07, 6.45) is 1.72. The molecule has 2 heterocycles. The molecule has 3 rings (SSSR count). The first-order valence-electron chi connectivity index (χ1n) is 8.15. The molecule has 0 unspecified atom stereocenters. The molecule has 0 saturated heterocycles. The molecule has 140 valence electrons. The summed E-state index contributed by atoms with van der Waals surface area (Å²) < 4.78 is 12.7. The van der Waals surface area contributed by atoms with E-state index in [9.17, 15) is 9.59 Å². The summed E-state index contributed by atoms with van der Waals surface area (Å²) in [5.41, 5.74) is 7.81. The summed E-state index contributed by atoms with van der Waals surface area (Å²) >= 11 is 1.49. The van der Waals surface area contributed by atoms with Gasteiger partial charge in [0, 0.05) is 34.6 Å². The van der Waals surface area contributed by atoms with E-state index in [0.717, 1.165) is 16.5 Å². The first kappa shape index (κ1) is 18.7. The standard InChI is InChI=1S/C19H19N3O4S/c1-11-8-15(12(2)22(11)19-21-6-7-27-19)16(23)10-26-17-9-13(25-3)4-5-14(17)18(20)24/h4-9H,10H2,1-3H3,(H2,20,24). The van der Waals surface area contributed by atoms with Crippen LogP contribution in [-0.4, -0.2) is 35.0 Å². The van der Waals surface area contributed by atoms with Crippen LogP contribution in [0, 0.1) is 13.8 Å². The molecule has 0 radical (unpaired) electrons. The summed E-state index contributed by atoms with van der Waals surface area (Å²) in [7, 11) is 1.50. The van der Waals surface area contributed by atoms with Gasteiger partial charge in [-0.3, -0.25) is 14.2 Å². The van der Waals surface area contributed by atoms with Crippen molar-refractivity contribution in [1.29, 1.82) is 0 Å². The van der Waals surface area contributed by atoms with Crippen molar-refractivity contribution in [2.24, 2.45) is 5.73 Å². The van der Waals surface area contributed by atoms with Crippen LogP contribution < -0.4 is 15.2 Å². The van der Waals surface area contributed by atoms with Crippen LogP contribution >= 0.6 is 11.3 Å². The molecule has 0 aliphatic heterocycles. The Hall–Kier alpha value is -3.13. The van der Waals surface area contributed by atoms with E-state index in [1.54, 1.807) is 12.3 Å². The maximum atomic E-state index is 12.7. The summed E-state index contributed by atoms with van der Waals surface area (Å²) in [5, 5.41) is 2.68. The van der Waals surface area contributed by atoms with Crippen molar-refractivity contribution in [1.82, 2.24) is 9.55 Å². The number of carbonyl (C=O) groups is 2. The van der Waals surface area contributed by atoms with E-state index in [1.807, 2.05) is 29.9 Å². The summed E-state index contributed by atoms with van der Waals surface area (Å²) in [6.45, 7) is 3.55. The van der Waals surface area contributed by atoms with Crippen molar-refractivity contribution < 1.29 is 19.1 Å². The molecule has 0 saturated carbocycles. The molecule has 7 nitrogen and oxygen atoms in total. The number of hydrogen-bond acceptors (Lipinski definition) is 6. The normalized spacial score (nSPS) is 10.6. The number of nitrogens with two attached hydrogens (primary N) is 1. The SMILES string of the molecule is COc1ccc(C(N)=O)c(OCC(=O)c2cc(C)n(-c3nccs3)c2C)c1. The molecule has 0 aliphatic rings. The van der Waals surface area contributed by atoms with Gasteiger partial charge in [0.15, 0.2) is 11.7 Å². The van der Waals surface area contributed by atoms with E-state index in [0.29, 0.717) is 11.3 Å². The number of nitrogens with zero attached hydrogens (tertiary/aromatic N) is 2. The lowest BCUT2D eigenvalue weighted by atomic mass is 10.1. The number of aromatic nitrogens is 2. The zero-order valence-electron chi connectivity index (χ0n) is 15.2. The van der Waals surface area contributed by atoms with Gasteiger partial charge in [0.1, 0.15) is 11.5 Å². The highest BCUT2D eigenvalue weighted by Gasteiger charge is 2.19. The van der Waals surface area contributed by atoms with Gasteiger partial charge in [-0.05, 0) is 32.0 Å². The van der Waals surface area contributed by atoms with Crippen LogP contribution in [0.15, 0.2) is 35.8 Å². The van der Waals surface area contributed by atoms with Crippen LogP contribution in [0.2, 0.25) is 0 Å². The number of ketones is 1. The Labute approximate surface area is 160 Å². The van der Waals surface area contributed by atoms with Gasteiger partial charge in [0.2, 0.25) is 5.78 Å². The number of carbonyl (C=O) groups excluding carboxylic acids is 2. The second-order valence-corrected chi connectivity index (χ2v) is 6.75. The summed E-state index contributed by atoms with van der Waals surface area (Å²) in [6, 6.07) is 6.46. The Balaban J connectivity index is 1.83. The molecule has 0 atom stereocenters. The third-order valence-corrected chi connectivity index (χ3v) is 4.91. The van der Waals surface area contributed by atoms with Crippen molar-refractivity contribution in [3.8, 4) is 16.6 Å². The van der Waals surface area contributed by atoms with Gasteiger partial charge in [0.05, 0.1) is 12.7 Å². The Morgan fingerprint density at radius 3 is 2.63 bits per heavy atom. The fourth-order valence-corrected chi connectivity index (χ4v) is 3.59. The average Bonchev–Trinajstić information content (AvgIpc) is 3.26. The fourth-order valence-electron chi connectivity index (χ4n) is 2.84. The number of amides is 1. The third kappa shape index (κ3) is 3.70. The number of aryl methyl sites for hydroxylation is 1. The lowest BCUT2D eigenvalue weighted by molar-refractivity contribution is 0.0911. The number of Topliss-reactive ketones (excluding diaryl/α,β-unsaturated/α-hetero) is 1. The molecule has 0 aliphatic carbocycles. The van der Waals surface area contributed by atoms with Crippen LogP contribution in [0.4, 0.5) is 0 Å². The number of thiazole rings is 1. The molecular weight excluding hydrogens is 366 g/mol. The molecule has 1 aromatic carbocycles. The van der Waals surface area contributed by atoms with Gasteiger partial charge in [-0.1, -0.05) is 0 Å². The number of methoxy groups -OCH3 is 1. The highest BCUT2D eigenvalue weighted by Crippen LogP contribution is 2.26. The van der Waals surface area contributed by atoms with E-state index in [2.05, 4.69) is 4.98 Å². The van der Waals surface area contributed by atoms with Crippen molar-refractivity contribution in [2.45, 2.75) is 13.8 Å². The van der Waals surface area contributed by atoms with Crippen molar-refractivity contribution in [3.05, 3.63) is 58.4 Å². The first-order chi connectivity index (χ1) is 12.9. The Bertz CT molecular complexity index is 993. The van der Waals surface area contributed by atoms with E-state index < -0.39 is 5.91 Å². The van der Waals surface area contributed by atoms with E-state index in [4.69, 9.17) is 15.2 Å². The van der Waals surface area contributed by atoms with E-state index in [1.165, 1.54) is 30.6 Å². The molecule has 27 heavy (non-hydrogen) atoms. The molecule has 1 amide bonds. The zero-order chi connectivity index (χ0) is 19.6. The maximum absolute atomic E-state index is 12.7. The quantitative estimate of drug-likeness (QED) is 0.631. The minimum atomic E-state index is -0.637. The molecule has 2 aromatic heterocycles. The van der Waals surface area contributed by atoms with Crippen LogP contribution in [0.3, 0.4) is 0 Å². The molecular formula is C19H19N3O4S. The average molecular weight is 385 g/mol. The Kier molecular flexibility index (Phi) is 5.27. The fraction of sp³-hybridized carbons (Fsp3) is 0.211. The van der Waals surface area contributed by atoms with Gasteiger partial charge in [-0.2, -0.15) is 0 Å². The predicted octanol–water partition coefficient (Wildman–Crippen LogP) is 2.92.